The number of hydrogen-bond acceptors (Lipinski definition) is 6. The molecule has 0 bridgehead atoms. The Labute approximate surface area is 148 Å². The Balaban J connectivity index is 1.43. The number of para-hydroxylation sites is 2. The van der Waals surface area contributed by atoms with Crippen LogP contribution in [-0.2, 0) is 9.59 Å². The predicted octanol–water partition coefficient (Wildman–Crippen LogP) is 1.03. The molecule has 1 aliphatic heterocycles. The SMILES string of the molecule is O=C1CN(C(=O)COc2ccc(-n3cnnn3)cc2)c2ccccc2N1. The van der Waals surface area contributed by atoms with Crippen molar-refractivity contribution in [2.75, 3.05) is 23.4 Å². The molecule has 0 aliphatic carbocycles. The van der Waals surface area contributed by atoms with Gasteiger partial charge in [0.1, 0.15) is 18.6 Å². The van der Waals surface area contributed by atoms with Crippen LogP contribution >= 0.6 is 0 Å². The summed E-state index contributed by atoms with van der Waals surface area (Å²) in [6.45, 7) is -0.205. The number of benzene rings is 2. The van der Waals surface area contributed by atoms with Crippen LogP contribution in [0.2, 0.25) is 0 Å². The molecule has 0 radical (unpaired) electrons. The van der Waals surface area contributed by atoms with Gasteiger partial charge in [-0.25, -0.2) is 4.68 Å². The molecule has 2 heterocycles. The van der Waals surface area contributed by atoms with E-state index in [1.807, 2.05) is 6.07 Å². The fourth-order valence-corrected chi connectivity index (χ4v) is 2.65. The van der Waals surface area contributed by atoms with Gasteiger partial charge in [-0.1, -0.05) is 12.1 Å². The Kier molecular flexibility index (Phi) is 4.02. The zero-order chi connectivity index (χ0) is 17.9. The molecule has 2 amide bonds. The Hall–Kier alpha value is -3.75. The zero-order valence-electron chi connectivity index (χ0n) is 13.6. The minimum Gasteiger partial charge on any atom is -0.484 e. The fourth-order valence-electron chi connectivity index (χ4n) is 2.65. The topological polar surface area (TPSA) is 102 Å². The first-order valence-electron chi connectivity index (χ1n) is 7.86. The van der Waals surface area contributed by atoms with Gasteiger partial charge in [0.15, 0.2) is 6.61 Å². The summed E-state index contributed by atoms with van der Waals surface area (Å²) in [5, 5.41) is 13.7. The quantitative estimate of drug-likeness (QED) is 0.754. The lowest BCUT2D eigenvalue weighted by Gasteiger charge is -2.29. The molecule has 0 fully saturated rings. The number of nitrogens with one attached hydrogen (secondary N) is 1. The van der Waals surface area contributed by atoms with E-state index in [1.54, 1.807) is 42.5 Å². The van der Waals surface area contributed by atoms with Crippen LogP contribution in [0, 0.1) is 0 Å². The smallest absolute Gasteiger partial charge is 0.265 e. The van der Waals surface area contributed by atoms with Gasteiger partial charge in [-0.15, -0.1) is 5.10 Å². The van der Waals surface area contributed by atoms with Crippen molar-refractivity contribution in [3.63, 3.8) is 0 Å². The third-order valence-electron chi connectivity index (χ3n) is 3.88. The van der Waals surface area contributed by atoms with Crippen molar-refractivity contribution in [2.24, 2.45) is 0 Å². The second kappa shape index (κ2) is 6.63. The van der Waals surface area contributed by atoms with Crippen LogP contribution in [0.1, 0.15) is 0 Å². The van der Waals surface area contributed by atoms with Crippen molar-refractivity contribution in [3.05, 3.63) is 54.9 Å². The molecule has 0 saturated carbocycles. The van der Waals surface area contributed by atoms with Crippen LogP contribution in [0.25, 0.3) is 5.69 Å². The van der Waals surface area contributed by atoms with Gasteiger partial charge in [0.05, 0.1) is 17.1 Å². The van der Waals surface area contributed by atoms with E-state index in [4.69, 9.17) is 4.74 Å². The lowest BCUT2D eigenvalue weighted by Crippen LogP contribution is -2.44. The van der Waals surface area contributed by atoms with Gasteiger partial charge < -0.3 is 10.1 Å². The molecule has 0 spiro atoms. The fraction of sp³-hybridized carbons (Fsp3) is 0.118. The summed E-state index contributed by atoms with van der Waals surface area (Å²) in [7, 11) is 0. The van der Waals surface area contributed by atoms with E-state index in [0.29, 0.717) is 17.1 Å². The number of carbonyl (C=O) groups is 2. The second-order valence-electron chi connectivity index (χ2n) is 5.58. The van der Waals surface area contributed by atoms with E-state index in [0.717, 1.165) is 5.69 Å². The highest BCUT2D eigenvalue weighted by molar-refractivity contribution is 6.10. The van der Waals surface area contributed by atoms with Crippen molar-refractivity contribution in [3.8, 4) is 11.4 Å². The third-order valence-corrected chi connectivity index (χ3v) is 3.88. The highest BCUT2D eigenvalue weighted by Crippen LogP contribution is 2.29. The molecule has 9 nitrogen and oxygen atoms in total. The van der Waals surface area contributed by atoms with Crippen LogP contribution in [0.15, 0.2) is 54.9 Å². The van der Waals surface area contributed by atoms with Crippen molar-refractivity contribution < 1.29 is 14.3 Å². The van der Waals surface area contributed by atoms with Gasteiger partial charge in [-0.05, 0) is 46.8 Å². The average Bonchev–Trinajstić information content (AvgIpc) is 3.20. The van der Waals surface area contributed by atoms with Gasteiger partial charge in [-0.3, -0.25) is 14.5 Å². The molecule has 0 atom stereocenters. The van der Waals surface area contributed by atoms with Gasteiger partial charge in [0.25, 0.3) is 5.91 Å². The van der Waals surface area contributed by atoms with E-state index in [-0.39, 0.29) is 25.0 Å². The van der Waals surface area contributed by atoms with Crippen molar-refractivity contribution in [1.82, 2.24) is 20.2 Å². The molecule has 1 aromatic heterocycles. The Morgan fingerprint density at radius 3 is 2.73 bits per heavy atom. The van der Waals surface area contributed by atoms with Crippen molar-refractivity contribution in [2.45, 2.75) is 0 Å². The summed E-state index contributed by atoms with van der Waals surface area (Å²) >= 11 is 0. The minimum absolute atomic E-state index is 0.0303. The number of amides is 2. The molecule has 130 valence electrons. The van der Waals surface area contributed by atoms with E-state index in [9.17, 15) is 9.59 Å². The lowest BCUT2D eigenvalue weighted by atomic mass is 10.2. The van der Waals surface area contributed by atoms with Gasteiger partial charge in [0.2, 0.25) is 5.91 Å². The number of rotatable bonds is 4. The largest absolute Gasteiger partial charge is 0.484 e. The number of hydrogen-bond donors (Lipinski definition) is 1. The van der Waals surface area contributed by atoms with Gasteiger partial charge >= 0.3 is 0 Å². The molecular formula is C17H14N6O3. The molecule has 26 heavy (non-hydrogen) atoms. The lowest BCUT2D eigenvalue weighted by molar-refractivity contribution is -0.123. The standard InChI is InChI=1S/C17H14N6O3/c24-16-9-22(15-4-2-1-3-14(15)19-16)17(25)10-26-13-7-5-12(6-8-13)23-11-18-20-21-23/h1-8,11H,9-10H2,(H,19,24). The summed E-state index contributed by atoms with van der Waals surface area (Å²) < 4.78 is 7.07. The van der Waals surface area contributed by atoms with Crippen LogP contribution < -0.4 is 15.0 Å². The van der Waals surface area contributed by atoms with E-state index in [2.05, 4.69) is 20.8 Å². The highest BCUT2D eigenvalue weighted by atomic mass is 16.5. The van der Waals surface area contributed by atoms with E-state index >= 15 is 0 Å². The Morgan fingerprint density at radius 2 is 1.96 bits per heavy atom. The average molecular weight is 350 g/mol. The monoisotopic (exact) mass is 350 g/mol. The predicted molar refractivity (Wildman–Crippen MR) is 92.1 cm³/mol. The molecule has 0 unspecified atom stereocenters. The van der Waals surface area contributed by atoms with Crippen molar-refractivity contribution >= 4 is 23.2 Å². The number of nitrogens with zero attached hydrogens (tertiary/aromatic N) is 5. The molecule has 2 aromatic carbocycles. The van der Waals surface area contributed by atoms with Crippen molar-refractivity contribution in [1.29, 1.82) is 0 Å². The summed E-state index contributed by atoms with van der Waals surface area (Å²) in [4.78, 5) is 25.7. The zero-order valence-corrected chi connectivity index (χ0v) is 13.6. The third kappa shape index (κ3) is 3.09. The molecule has 3 aromatic rings. The van der Waals surface area contributed by atoms with Crippen LogP contribution in [0.4, 0.5) is 11.4 Å². The maximum Gasteiger partial charge on any atom is 0.265 e. The first-order valence-corrected chi connectivity index (χ1v) is 7.86. The van der Waals surface area contributed by atoms with Gasteiger partial charge in [-0.2, -0.15) is 0 Å². The minimum atomic E-state index is -0.295. The maximum atomic E-state index is 12.5. The molecule has 9 heteroatoms. The van der Waals surface area contributed by atoms with Crippen LogP contribution in [0.3, 0.4) is 0 Å². The normalized spacial score (nSPS) is 13.1. The van der Waals surface area contributed by atoms with Gasteiger partial charge in [0, 0.05) is 0 Å². The Bertz CT molecular complexity index is 939. The van der Waals surface area contributed by atoms with E-state index < -0.39 is 0 Å². The second-order valence-corrected chi connectivity index (χ2v) is 5.58. The highest BCUT2D eigenvalue weighted by Gasteiger charge is 2.26. The number of carbonyl (C=O) groups excluding carboxylic acids is 2. The number of aromatic nitrogens is 4. The molecule has 4 rings (SSSR count). The number of fused-ring (bicyclic) bond motifs is 1. The summed E-state index contributed by atoms with van der Waals surface area (Å²) in [5.74, 6) is 0.00428. The summed E-state index contributed by atoms with van der Waals surface area (Å²) in [6.07, 6.45) is 1.48. The Morgan fingerprint density at radius 1 is 1.15 bits per heavy atom. The molecule has 0 saturated heterocycles. The summed E-state index contributed by atoms with van der Waals surface area (Å²) in [5.41, 5.74) is 2.05. The number of anilines is 2. The summed E-state index contributed by atoms with van der Waals surface area (Å²) in [6, 6.07) is 14.2. The molecule has 1 aliphatic rings. The van der Waals surface area contributed by atoms with E-state index in [1.165, 1.54) is 15.9 Å². The molecular weight excluding hydrogens is 336 g/mol. The molecule has 1 N–H and O–H groups in total. The van der Waals surface area contributed by atoms with Crippen LogP contribution in [0.5, 0.6) is 5.75 Å². The maximum absolute atomic E-state index is 12.5. The van der Waals surface area contributed by atoms with Crippen LogP contribution in [-0.4, -0.2) is 45.2 Å². The first-order chi connectivity index (χ1) is 12.7. The number of tetrazole rings is 1. The number of ether oxygens (including phenoxy) is 1. The first kappa shape index (κ1) is 15.8.